The molecule has 0 fully saturated rings. The van der Waals surface area contributed by atoms with Gasteiger partial charge in [0.25, 0.3) is 0 Å². The number of Topliss-reactive ketones (excluding diaryl/α,β-unsaturated/α-hetero) is 1. The first kappa shape index (κ1) is 22.1. The van der Waals surface area contributed by atoms with Gasteiger partial charge in [0.05, 0.1) is 7.11 Å². The number of esters is 1. The third kappa shape index (κ3) is 17.3. The Bertz CT molecular complexity index is 287. The minimum absolute atomic E-state index is 0.219. The van der Waals surface area contributed by atoms with Gasteiger partial charge < -0.3 is 4.74 Å². The van der Waals surface area contributed by atoms with E-state index in [2.05, 4.69) is 11.7 Å². The summed E-state index contributed by atoms with van der Waals surface area (Å²) in [6.07, 6.45) is 18.0. The van der Waals surface area contributed by atoms with Gasteiger partial charge in [0.2, 0.25) is 0 Å². The van der Waals surface area contributed by atoms with E-state index in [-0.39, 0.29) is 5.97 Å². The molecule has 0 spiro atoms. The first-order valence-corrected chi connectivity index (χ1v) is 9.79. The number of methoxy groups -OCH3 is 1. The van der Waals surface area contributed by atoms with Crippen molar-refractivity contribution in [3.63, 3.8) is 0 Å². The van der Waals surface area contributed by atoms with E-state index >= 15 is 0 Å². The predicted octanol–water partition coefficient (Wildman–Crippen LogP) is 5.99. The number of ketones is 1. The third-order valence-electron chi connectivity index (χ3n) is 4.37. The zero-order valence-corrected chi connectivity index (χ0v) is 15.5. The molecule has 0 aliphatic heterocycles. The maximum atomic E-state index is 11.6. The summed E-state index contributed by atoms with van der Waals surface area (Å²) in [6, 6.07) is 0. The minimum Gasteiger partial charge on any atom is -0.469 e. The maximum absolute atomic E-state index is 11.6. The Hall–Kier alpha value is -0.860. The molecule has 0 amide bonds. The van der Waals surface area contributed by atoms with Gasteiger partial charge in [-0.1, -0.05) is 77.6 Å². The van der Waals surface area contributed by atoms with Crippen LogP contribution in [0.2, 0.25) is 0 Å². The number of ether oxygens (including phenoxy) is 1. The van der Waals surface area contributed by atoms with Crippen molar-refractivity contribution >= 4 is 11.8 Å². The molecular weight excluding hydrogens is 288 g/mol. The first-order chi connectivity index (χ1) is 11.2. The van der Waals surface area contributed by atoms with E-state index in [0.29, 0.717) is 31.5 Å². The van der Waals surface area contributed by atoms with Crippen molar-refractivity contribution in [2.75, 3.05) is 7.11 Å². The Morgan fingerprint density at radius 3 is 1.52 bits per heavy atom. The largest absolute Gasteiger partial charge is 0.469 e. The molecule has 0 aromatic heterocycles. The Balaban J connectivity index is 3.17. The highest BCUT2D eigenvalue weighted by atomic mass is 16.5. The highest BCUT2D eigenvalue weighted by Gasteiger charge is 2.05. The summed E-state index contributed by atoms with van der Waals surface area (Å²) >= 11 is 0. The monoisotopic (exact) mass is 326 g/mol. The summed E-state index contributed by atoms with van der Waals surface area (Å²) in [5.74, 6) is 0.0733. The molecule has 0 saturated carbocycles. The van der Waals surface area contributed by atoms with Crippen LogP contribution in [-0.2, 0) is 14.3 Å². The molecule has 0 aromatic rings. The Morgan fingerprint density at radius 1 is 0.609 bits per heavy atom. The quantitative estimate of drug-likeness (QED) is 0.243. The lowest BCUT2D eigenvalue weighted by atomic mass is 10.0. The van der Waals surface area contributed by atoms with Gasteiger partial charge in [0.15, 0.2) is 0 Å². The second-order valence-corrected chi connectivity index (χ2v) is 6.61. The van der Waals surface area contributed by atoms with Crippen LogP contribution in [0, 0.1) is 0 Å². The molecule has 0 saturated heterocycles. The van der Waals surface area contributed by atoms with Crippen LogP contribution in [-0.4, -0.2) is 18.9 Å². The molecule has 0 unspecified atom stereocenters. The number of carbonyl (C=O) groups is 2. The fourth-order valence-corrected chi connectivity index (χ4v) is 2.82. The molecule has 136 valence electrons. The molecule has 0 aliphatic rings. The SMILES string of the molecule is CCCCCCCCCCCCCCC(=O)CCCC(=O)OC. The van der Waals surface area contributed by atoms with Crippen LogP contribution in [0.1, 0.15) is 110 Å². The van der Waals surface area contributed by atoms with Crippen LogP contribution in [0.5, 0.6) is 0 Å². The van der Waals surface area contributed by atoms with Gasteiger partial charge in [-0.05, 0) is 12.8 Å². The van der Waals surface area contributed by atoms with Crippen LogP contribution in [0.3, 0.4) is 0 Å². The van der Waals surface area contributed by atoms with E-state index in [0.717, 1.165) is 6.42 Å². The lowest BCUT2D eigenvalue weighted by Gasteiger charge is -2.03. The summed E-state index contributed by atoms with van der Waals surface area (Å²) in [5, 5.41) is 0. The topological polar surface area (TPSA) is 43.4 Å². The zero-order valence-electron chi connectivity index (χ0n) is 15.5. The van der Waals surface area contributed by atoms with E-state index in [1.807, 2.05) is 0 Å². The lowest BCUT2D eigenvalue weighted by Crippen LogP contribution is -2.03. The van der Waals surface area contributed by atoms with Gasteiger partial charge >= 0.3 is 5.97 Å². The first-order valence-electron chi connectivity index (χ1n) is 9.79. The van der Waals surface area contributed by atoms with E-state index in [1.165, 1.54) is 77.7 Å². The van der Waals surface area contributed by atoms with Crippen molar-refractivity contribution in [2.24, 2.45) is 0 Å². The van der Waals surface area contributed by atoms with E-state index in [1.54, 1.807) is 0 Å². The van der Waals surface area contributed by atoms with Crippen LogP contribution < -0.4 is 0 Å². The molecule has 0 radical (unpaired) electrons. The smallest absolute Gasteiger partial charge is 0.305 e. The van der Waals surface area contributed by atoms with E-state index in [9.17, 15) is 9.59 Å². The Kier molecular flexibility index (Phi) is 16.8. The molecule has 23 heavy (non-hydrogen) atoms. The molecule has 0 rings (SSSR count). The predicted molar refractivity (Wildman–Crippen MR) is 96.6 cm³/mol. The summed E-state index contributed by atoms with van der Waals surface area (Å²) < 4.78 is 4.56. The Labute approximate surface area is 143 Å². The van der Waals surface area contributed by atoms with Crippen molar-refractivity contribution < 1.29 is 14.3 Å². The highest BCUT2D eigenvalue weighted by Crippen LogP contribution is 2.13. The maximum Gasteiger partial charge on any atom is 0.305 e. The molecule has 0 N–H and O–H groups in total. The molecule has 0 heterocycles. The molecule has 0 aliphatic carbocycles. The van der Waals surface area contributed by atoms with Crippen LogP contribution in [0.4, 0.5) is 0 Å². The molecule has 3 heteroatoms. The zero-order chi connectivity index (χ0) is 17.2. The van der Waals surface area contributed by atoms with Crippen LogP contribution >= 0.6 is 0 Å². The van der Waals surface area contributed by atoms with Crippen molar-refractivity contribution in [1.29, 1.82) is 0 Å². The fourth-order valence-electron chi connectivity index (χ4n) is 2.82. The van der Waals surface area contributed by atoms with Gasteiger partial charge in [0.1, 0.15) is 5.78 Å². The van der Waals surface area contributed by atoms with Crippen molar-refractivity contribution in [1.82, 2.24) is 0 Å². The van der Waals surface area contributed by atoms with E-state index in [4.69, 9.17) is 0 Å². The average Bonchev–Trinajstić information content (AvgIpc) is 2.55. The second-order valence-electron chi connectivity index (χ2n) is 6.61. The number of hydrogen-bond acceptors (Lipinski definition) is 3. The number of unbranched alkanes of at least 4 members (excludes halogenated alkanes) is 11. The summed E-state index contributed by atoms with van der Waals surface area (Å²) in [7, 11) is 1.39. The van der Waals surface area contributed by atoms with Crippen molar-refractivity contribution in [3.05, 3.63) is 0 Å². The molecule has 3 nitrogen and oxygen atoms in total. The standard InChI is InChI=1S/C20H38O3/c1-3-4-5-6-7-8-9-10-11-12-13-14-16-19(21)17-15-18-20(22)23-2/h3-18H2,1-2H3. The summed E-state index contributed by atoms with van der Waals surface area (Å²) in [4.78, 5) is 22.6. The van der Waals surface area contributed by atoms with Crippen LogP contribution in [0.25, 0.3) is 0 Å². The second kappa shape index (κ2) is 17.5. The van der Waals surface area contributed by atoms with Gasteiger partial charge in [0, 0.05) is 19.3 Å². The molecule has 0 bridgehead atoms. The van der Waals surface area contributed by atoms with Gasteiger partial charge in [-0.25, -0.2) is 0 Å². The van der Waals surface area contributed by atoms with Crippen LogP contribution in [0.15, 0.2) is 0 Å². The third-order valence-corrected chi connectivity index (χ3v) is 4.37. The summed E-state index contributed by atoms with van der Waals surface area (Å²) in [5.41, 5.74) is 0. The molecular formula is C20H38O3. The summed E-state index contributed by atoms with van der Waals surface area (Å²) in [6.45, 7) is 2.26. The Morgan fingerprint density at radius 2 is 1.04 bits per heavy atom. The number of carbonyl (C=O) groups excluding carboxylic acids is 2. The molecule has 0 aromatic carbocycles. The van der Waals surface area contributed by atoms with Gasteiger partial charge in [-0.3, -0.25) is 9.59 Å². The van der Waals surface area contributed by atoms with Gasteiger partial charge in [-0.2, -0.15) is 0 Å². The average molecular weight is 327 g/mol. The van der Waals surface area contributed by atoms with Crippen molar-refractivity contribution in [2.45, 2.75) is 110 Å². The number of hydrogen-bond donors (Lipinski definition) is 0. The molecule has 0 atom stereocenters. The van der Waals surface area contributed by atoms with Gasteiger partial charge in [-0.15, -0.1) is 0 Å². The highest BCUT2D eigenvalue weighted by molar-refractivity contribution is 5.79. The fraction of sp³-hybridized carbons (Fsp3) is 0.900. The normalized spacial score (nSPS) is 10.7. The lowest BCUT2D eigenvalue weighted by molar-refractivity contribution is -0.140. The van der Waals surface area contributed by atoms with Crippen molar-refractivity contribution in [3.8, 4) is 0 Å². The van der Waals surface area contributed by atoms with E-state index < -0.39 is 0 Å². The number of rotatable bonds is 17. The minimum atomic E-state index is -0.219.